The van der Waals surface area contributed by atoms with Crippen LogP contribution < -0.4 is 0 Å². The third kappa shape index (κ3) is 2.63. The number of allylic oxidation sites excluding steroid dienone is 1. The topological polar surface area (TPSA) is 17.1 Å². The van der Waals surface area contributed by atoms with Crippen LogP contribution in [-0.4, -0.2) is 6.29 Å². The minimum atomic E-state index is 0.224. The summed E-state index contributed by atoms with van der Waals surface area (Å²) in [6.45, 7) is 0. The highest BCUT2D eigenvalue weighted by Gasteiger charge is 2.09. The molecule has 0 aliphatic rings. The first-order chi connectivity index (χ1) is 8.33. The average Bonchev–Trinajstić information content (AvgIpc) is 2.41. The van der Waals surface area contributed by atoms with Crippen molar-refractivity contribution in [1.29, 1.82) is 0 Å². The van der Waals surface area contributed by atoms with E-state index < -0.39 is 0 Å². The van der Waals surface area contributed by atoms with Crippen LogP contribution in [0.5, 0.6) is 0 Å². The van der Waals surface area contributed by atoms with Crippen molar-refractivity contribution in [1.82, 2.24) is 0 Å². The van der Waals surface area contributed by atoms with Crippen molar-refractivity contribution in [2.24, 2.45) is 0 Å². The molecule has 0 aliphatic heterocycles. The minimum Gasteiger partial charge on any atom is -0.297 e. The van der Waals surface area contributed by atoms with Crippen LogP contribution >= 0.6 is 11.6 Å². The molecule has 2 aromatic carbocycles. The Morgan fingerprint density at radius 1 is 0.824 bits per heavy atom. The lowest BCUT2D eigenvalue weighted by Gasteiger charge is -2.08. The molecule has 2 heteroatoms. The quantitative estimate of drug-likeness (QED) is 0.590. The molecule has 0 aliphatic carbocycles. The lowest BCUT2D eigenvalue weighted by Crippen LogP contribution is -1.91. The van der Waals surface area contributed by atoms with Gasteiger partial charge in [-0.2, -0.15) is 0 Å². The summed E-state index contributed by atoms with van der Waals surface area (Å²) in [4.78, 5) is 10.9. The maximum absolute atomic E-state index is 10.9. The van der Waals surface area contributed by atoms with Gasteiger partial charge in [0.2, 0.25) is 0 Å². The van der Waals surface area contributed by atoms with Gasteiger partial charge in [-0.05, 0) is 11.1 Å². The first kappa shape index (κ1) is 11.6. The van der Waals surface area contributed by atoms with Crippen molar-refractivity contribution < 1.29 is 4.79 Å². The number of hydrogen-bond donors (Lipinski definition) is 0. The van der Waals surface area contributed by atoms with Gasteiger partial charge in [0.15, 0.2) is 6.29 Å². The molecule has 1 nitrogen and oxygen atoms in total. The average molecular weight is 243 g/mol. The van der Waals surface area contributed by atoms with Crippen molar-refractivity contribution in [3.63, 3.8) is 0 Å². The van der Waals surface area contributed by atoms with E-state index in [2.05, 4.69) is 0 Å². The summed E-state index contributed by atoms with van der Waals surface area (Å²) in [5.41, 5.74) is 2.65. The van der Waals surface area contributed by atoms with Crippen molar-refractivity contribution >= 4 is 23.5 Å². The van der Waals surface area contributed by atoms with Crippen LogP contribution in [0.15, 0.2) is 65.7 Å². The zero-order valence-electron chi connectivity index (χ0n) is 9.14. The molecule has 0 amide bonds. The molecule has 0 N–H and O–H groups in total. The van der Waals surface area contributed by atoms with E-state index >= 15 is 0 Å². The van der Waals surface area contributed by atoms with E-state index in [4.69, 9.17) is 11.6 Å². The highest BCUT2D eigenvalue weighted by Crippen LogP contribution is 2.27. The number of benzene rings is 2. The maximum atomic E-state index is 10.9. The van der Waals surface area contributed by atoms with Gasteiger partial charge in [-0.3, -0.25) is 4.79 Å². The summed E-state index contributed by atoms with van der Waals surface area (Å²) in [6.07, 6.45) is 0.677. The van der Waals surface area contributed by atoms with Gasteiger partial charge in [0.05, 0.1) is 5.03 Å². The number of rotatable bonds is 3. The van der Waals surface area contributed by atoms with Gasteiger partial charge in [-0.15, -0.1) is 0 Å². The molecule has 17 heavy (non-hydrogen) atoms. The fraction of sp³-hybridized carbons (Fsp3) is 0. The monoisotopic (exact) mass is 242 g/mol. The van der Waals surface area contributed by atoms with Crippen LogP contribution in [-0.2, 0) is 4.79 Å². The maximum Gasteiger partial charge on any atom is 0.162 e. The summed E-state index contributed by atoms with van der Waals surface area (Å²) in [5.74, 6) is 0. The molecule has 84 valence electrons. The fourth-order valence-corrected chi connectivity index (χ4v) is 1.93. The first-order valence-electron chi connectivity index (χ1n) is 5.28. The summed E-state index contributed by atoms with van der Waals surface area (Å²) in [5, 5.41) is 0.224. The minimum absolute atomic E-state index is 0.224. The molecular weight excluding hydrogens is 232 g/mol. The van der Waals surface area contributed by atoms with Crippen molar-refractivity contribution in [2.45, 2.75) is 0 Å². The van der Waals surface area contributed by atoms with Crippen LogP contribution in [0.2, 0.25) is 0 Å². The molecule has 0 bridgehead atoms. The molecule has 2 rings (SSSR count). The van der Waals surface area contributed by atoms with Crippen LogP contribution in [0.4, 0.5) is 0 Å². The molecule has 0 fully saturated rings. The molecule has 2 aromatic rings. The van der Waals surface area contributed by atoms with Gasteiger partial charge in [0.25, 0.3) is 0 Å². The first-order valence-corrected chi connectivity index (χ1v) is 5.66. The lowest BCUT2D eigenvalue weighted by atomic mass is 9.98. The van der Waals surface area contributed by atoms with E-state index in [9.17, 15) is 4.79 Å². The normalized spacial score (nSPS) is 9.71. The van der Waals surface area contributed by atoms with Crippen LogP contribution in [0.3, 0.4) is 0 Å². The SMILES string of the molecule is O=CC(Cl)=C(c1ccccc1)c1ccccc1. The predicted molar refractivity (Wildman–Crippen MR) is 70.8 cm³/mol. The zero-order valence-corrected chi connectivity index (χ0v) is 9.89. The van der Waals surface area contributed by atoms with E-state index in [1.165, 1.54) is 0 Å². The third-order valence-electron chi connectivity index (χ3n) is 2.47. The standard InChI is InChI=1S/C15H11ClO/c16-14(11-17)15(12-7-3-1-4-8-12)13-9-5-2-6-10-13/h1-11H. The Kier molecular flexibility index (Phi) is 3.73. The highest BCUT2D eigenvalue weighted by atomic mass is 35.5. The highest BCUT2D eigenvalue weighted by molar-refractivity contribution is 6.42. The second-order valence-corrected chi connectivity index (χ2v) is 3.98. The molecule has 0 heterocycles. The van der Waals surface area contributed by atoms with Gasteiger partial charge in [-0.1, -0.05) is 72.3 Å². The largest absolute Gasteiger partial charge is 0.297 e. The Morgan fingerprint density at radius 3 is 1.59 bits per heavy atom. The third-order valence-corrected chi connectivity index (χ3v) is 2.75. The van der Waals surface area contributed by atoms with Crippen LogP contribution in [0, 0.1) is 0 Å². The zero-order chi connectivity index (χ0) is 12.1. The van der Waals surface area contributed by atoms with Crippen LogP contribution in [0.25, 0.3) is 5.57 Å². The van der Waals surface area contributed by atoms with E-state index in [0.29, 0.717) is 6.29 Å². The van der Waals surface area contributed by atoms with Crippen molar-refractivity contribution in [2.75, 3.05) is 0 Å². The van der Waals surface area contributed by atoms with E-state index in [1.807, 2.05) is 60.7 Å². The van der Waals surface area contributed by atoms with Gasteiger partial charge < -0.3 is 0 Å². The number of hydrogen-bond acceptors (Lipinski definition) is 1. The Balaban J connectivity index is 2.60. The molecular formula is C15H11ClO. The summed E-state index contributed by atoms with van der Waals surface area (Å²) in [7, 11) is 0. The van der Waals surface area contributed by atoms with Gasteiger partial charge in [0.1, 0.15) is 0 Å². The Morgan fingerprint density at radius 2 is 1.24 bits per heavy atom. The molecule has 0 radical (unpaired) electrons. The van der Waals surface area contributed by atoms with Gasteiger partial charge in [0, 0.05) is 5.57 Å². The Labute approximate surface area is 105 Å². The second kappa shape index (κ2) is 5.46. The van der Waals surface area contributed by atoms with Gasteiger partial charge >= 0.3 is 0 Å². The Hall–Kier alpha value is -1.86. The summed E-state index contributed by atoms with van der Waals surface area (Å²) < 4.78 is 0. The van der Waals surface area contributed by atoms with E-state index in [-0.39, 0.29) is 5.03 Å². The fourth-order valence-electron chi connectivity index (χ4n) is 1.71. The number of carbonyl (C=O) groups excluding carboxylic acids is 1. The molecule has 0 aromatic heterocycles. The molecule has 0 spiro atoms. The van der Waals surface area contributed by atoms with Crippen LogP contribution in [0.1, 0.15) is 11.1 Å². The molecule has 0 atom stereocenters. The predicted octanol–water partition coefficient (Wildman–Crippen LogP) is 3.88. The lowest BCUT2D eigenvalue weighted by molar-refractivity contribution is -0.104. The summed E-state index contributed by atoms with van der Waals surface area (Å²) >= 11 is 6.01. The van der Waals surface area contributed by atoms with E-state index in [0.717, 1.165) is 16.7 Å². The number of aldehydes is 1. The molecule has 0 unspecified atom stereocenters. The molecule has 0 saturated heterocycles. The van der Waals surface area contributed by atoms with E-state index in [1.54, 1.807) is 0 Å². The molecule has 0 saturated carbocycles. The number of carbonyl (C=O) groups is 1. The van der Waals surface area contributed by atoms with Gasteiger partial charge in [-0.25, -0.2) is 0 Å². The second-order valence-electron chi connectivity index (χ2n) is 3.57. The summed E-state index contributed by atoms with van der Waals surface area (Å²) in [6, 6.07) is 19.3. The Bertz CT molecular complexity index is 488. The van der Waals surface area contributed by atoms with Crippen molar-refractivity contribution in [3.8, 4) is 0 Å². The number of halogens is 1. The van der Waals surface area contributed by atoms with Crippen molar-refractivity contribution in [3.05, 3.63) is 76.8 Å². The smallest absolute Gasteiger partial charge is 0.162 e.